The number of aromatic nitrogens is 3. The number of carbonyl (C=O) groups excluding carboxylic acids is 1. The van der Waals surface area contributed by atoms with Crippen LogP contribution in [-0.2, 0) is 27.4 Å². The van der Waals surface area contributed by atoms with E-state index in [0.29, 0.717) is 5.69 Å². The van der Waals surface area contributed by atoms with Crippen LogP contribution in [0.5, 0.6) is 0 Å². The Morgan fingerprint density at radius 3 is 2.67 bits per heavy atom. The Balaban J connectivity index is 2.90. The van der Waals surface area contributed by atoms with Gasteiger partial charge >= 0.3 is 5.97 Å². The first-order valence-corrected chi connectivity index (χ1v) is 5.30. The van der Waals surface area contributed by atoms with E-state index in [4.69, 9.17) is 9.47 Å². The van der Waals surface area contributed by atoms with Crippen molar-refractivity contribution in [3.8, 4) is 0 Å². The molecular formula is C10H17N3O5. The van der Waals surface area contributed by atoms with Gasteiger partial charge in [-0.05, 0) is 0 Å². The molecule has 102 valence electrons. The quantitative estimate of drug-likeness (QED) is 0.641. The lowest BCUT2D eigenvalue weighted by atomic mass is 10.3. The molecule has 1 heterocycles. The van der Waals surface area contributed by atoms with E-state index in [1.54, 1.807) is 0 Å². The fourth-order valence-electron chi connectivity index (χ4n) is 1.46. The van der Waals surface area contributed by atoms with E-state index in [0.717, 1.165) is 0 Å². The topological polar surface area (TPSA) is 95.7 Å². The van der Waals surface area contributed by atoms with Gasteiger partial charge in [0.15, 0.2) is 5.69 Å². The highest BCUT2D eigenvalue weighted by atomic mass is 16.5. The zero-order chi connectivity index (χ0) is 13.5. The summed E-state index contributed by atoms with van der Waals surface area (Å²) in [6.07, 6.45) is -0.738. The van der Waals surface area contributed by atoms with Crippen LogP contribution in [0.25, 0.3) is 0 Å². The highest BCUT2D eigenvalue weighted by molar-refractivity contribution is 5.88. The minimum absolute atomic E-state index is 0.0870. The highest BCUT2D eigenvalue weighted by Gasteiger charge is 2.21. The number of hydrogen-bond donors (Lipinski definition) is 1. The van der Waals surface area contributed by atoms with Crippen LogP contribution in [0, 0.1) is 0 Å². The molecule has 0 radical (unpaired) electrons. The van der Waals surface area contributed by atoms with Gasteiger partial charge in [0.1, 0.15) is 0 Å². The van der Waals surface area contributed by atoms with Crippen LogP contribution in [0.15, 0.2) is 0 Å². The summed E-state index contributed by atoms with van der Waals surface area (Å²) in [5.74, 6) is -0.588. The van der Waals surface area contributed by atoms with Crippen molar-refractivity contribution in [1.29, 1.82) is 0 Å². The Morgan fingerprint density at radius 1 is 1.39 bits per heavy atom. The molecule has 0 fully saturated rings. The first-order valence-electron chi connectivity index (χ1n) is 5.30. The van der Waals surface area contributed by atoms with Gasteiger partial charge in [-0.25, -0.2) is 9.48 Å². The molecule has 0 saturated heterocycles. The lowest BCUT2D eigenvalue weighted by Gasteiger charge is -2.11. The zero-order valence-corrected chi connectivity index (χ0v) is 10.6. The molecule has 18 heavy (non-hydrogen) atoms. The molecular weight excluding hydrogens is 242 g/mol. The Kier molecular flexibility index (Phi) is 5.69. The molecule has 1 rings (SSSR count). The average molecular weight is 259 g/mol. The van der Waals surface area contributed by atoms with Crippen LogP contribution >= 0.6 is 0 Å². The summed E-state index contributed by atoms with van der Waals surface area (Å²) in [6, 6.07) is 0. The minimum atomic E-state index is -0.738. The first kappa shape index (κ1) is 14.6. The largest absolute Gasteiger partial charge is 0.464 e. The minimum Gasteiger partial charge on any atom is -0.464 e. The van der Waals surface area contributed by atoms with E-state index in [2.05, 4.69) is 15.0 Å². The Bertz CT molecular complexity index is 393. The van der Waals surface area contributed by atoms with E-state index in [9.17, 15) is 9.90 Å². The van der Waals surface area contributed by atoms with E-state index < -0.39 is 12.1 Å². The maximum Gasteiger partial charge on any atom is 0.360 e. The van der Waals surface area contributed by atoms with E-state index in [1.165, 1.54) is 26.0 Å². The fraction of sp³-hybridized carbons (Fsp3) is 0.700. The van der Waals surface area contributed by atoms with Crippen LogP contribution in [0.3, 0.4) is 0 Å². The lowest BCUT2D eigenvalue weighted by molar-refractivity contribution is 0.0488. The van der Waals surface area contributed by atoms with Crippen molar-refractivity contribution in [2.75, 3.05) is 27.9 Å². The second-order valence-electron chi connectivity index (χ2n) is 3.60. The van der Waals surface area contributed by atoms with Gasteiger partial charge in [-0.2, -0.15) is 0 Å². The van der Waals surface area contributed by atoms with Crippen LogP contribution in [0.1, 0.15) is 16.2 Å². The highest BCUT2D eigenvalue weighted by Crippen LogP contribution is 2.09. The van der Waals surface area contributed by atoms with Crippen molar-refractivity contribution in [2.45, 2.75) is 19.3 Å². The molecule has 0 spiro atoms. The van der Waals surface area contributed by atoms with Gasteiger partial charge in [-0.15, -0.1) is 5.10 Å². The molecule has 0 aliphatic rings. The summed E-state index contributed by atoms with van der Waals surface area (Å²) in [5, 5.41) is 17.2. The number of ether oxygens (including phenoxy) is 3. The lowest BCUT2D eigenvalue weighted by Crippen LogP contribution is -2.23. The molecule has 0 aliphatic heterocycles. The van der Waals surface area contributed by atoms with Crippen molar-refractivity contribution in [3.05, 3.63) is 11.4 Å². The monoisotopic (exact) mass is 259 g/mol. The maximum absolute atomic E-state index is 11.5. The van der Waals surface area contributed by atoms with Gasteiger partial charge in [-0.3, -0.25) is 0 Å². The van der Waals surface area contributed by atoms with Gasteiger partial charge in [-0.1, -0.05) is 5.21 Å². The van der Waals surface area contributed by atoms with Crippen LogP contribution < -0.4 is 0 Å². The van der Waals surface area contributed by atoms with Gasteiger partial charge in [0.25, 0.3) is 0 Å². The third-order valence-corrected chi connectivity index (χ3v) is 2.24. The number of aliphatic hydroxyl groups is 1. The fourth-order valence-corrected chi connectivity index (χ4v) is 1.46. The SMILES string of the molecule is COCc1c(C(=O)OC)nnn1CC(O)COC. The third-order valence-electron chi connectivity index (χ3n) is 2.24. The van der Waals surface area contributed by atoms with Crippen LogP contribution in [-0.4, -0.2) is 60.1 Å². The molecule has 0 aromatic carbocycles. The molecule has 1 N–H and O–H groups in total. The van der Waals surface area contributed by atoms with Crippen LogP contribution in [0.2, 0.25) is 0 Å². The summed E-state index contributed by atoms with van der Waals surface area (Å²) < 4.78 is 15.8. The second-order valence-corrected chi connectivity index (χ2v) is 3.60. The molecule has 0 saturated carbocycles. The summed E-state index contributed by atoms with van der Waals surface area (Å²) in [6.45, 7) is 0.480. The molecule has 0 bridgehead atoms. The number of rotatable bonds is 7. The Labute approximate surface area is 104 Å². The van der Waals surface area contributed by atoms with Gasteiger partial charge < -0.3 is 19.3 Å². The van der Waals surface area contributed by atoms with E-state index >= 15 is 0 Å². The van der Waals surface area contributed by atoms with E-state index in [-0.39, 0.29) is 25.5 Å². The maximum atomic E-state index is 11.5. The van der Waals surface area contributed by atoms with Crippen molar-refractivity contribution in [1.82, 2.24) is 15.0 Å². The number of carbonyl (C=O) groups is 1. The number of esters is 1. The van der Waals surface area contributed by atoms with Gasteiger partial charge in [0, 0.05) is 14.2 Å². The molecule has 8 nitrogen and oxygen atoms in total. The number of hydrogen-bond acceptors (Lipinski definition) is 7. The van der Waals surface area contributed by atoms with Crippen molar-refractivity contribution in [3.63, 3.8) is 0 Å². The molecule has 0 amide bonds. The number of methoxy groups -OCH3 is 3. The summed E-state index contributed by atoms with van der Waals surface area (Å²) >= 11 is 0. The molecule has 1 aromatic heterocycles. The molecule has 8 heteroatoms. The summed E-state index contributed by atoms with van der Waals surface area (Å²) in [4.78, 5) is 11.5. The zero-order valence-electron chi connectivity index (χ0n) is 10.6. The Morgan fingerprint density at radius 2 is 2.11 bits per heavy atom. The predicted octanol–water partition coefficient (Wildman–Crippen LogP) is -0.782. The molecule has 1 aromatic rings. The summed E-state index contributed by atoms with van der Waals surface area (Å²) in [5.41, 5.74) is 0.545. The van der Waals surface area contributed by atoms with Crippen LogP contribution in [0.4, 0.5) is 0 Å². The average Bonchev–Trinajstić information content (AvgIpc) is 2.72. The van der Waals surface area contributed by atoms with Crippen molar-refractivity contribution >= 4 is 5.97 Å². The smallest absolute Gasteiger partial charge is 0.360 e. The van der Waals surface area contributed by atoms with Gasteiger partial charge in [0.2, 0.25) is 0 Å². The Hall–Kier alpha value is -1.51. The second kappa shape index (κ2) is 7.04. The summed E-state index contributed by atoms with van der Waals surface area (Å²) in [7, 11) is 4.24. The van der Waals surface area contributed by atoms with Crippen molar-refractivity contribution in [2.24, 2.45) is 0 Å². The van der Waals surface area contributed by atoms with Gasteiger partial charge in [0.05, 0.1) is 38.7 Å². The standard InChI is InChI=1S/C10H17N3O5/c1-16-5-7(14)4-13-8(6-17-2)9(11-12-13)10(15)18-3/h7,14H,4-6H2,1-3H3. The normalized spacial score (nSPS) is 12.4. The third kappa shape index (κ3) is 3.49. The molecule has 0 aliphatic carbocycles. The molecule has 1 atom stereocenters. The first-order chi connectivity index (χ1) is 8.63. The number of nitrogens with zero attached hydrogens (tertiary/aromatic N) is 3. The predicted molar refractivity (Wildman–Crippen MR) is 60.0 cm³/mol. The molecule has 1 unspecified atom stereocenters. The van der Waals surface area contributed by atoms with E-state index in [1.807, 2.05) is 0 Å². The van der Waals surface area contributed by atoms with Crippen molar-refractivity contribution < 1.29 is 24.1 Å². The number of aliphatic hydroxyl groups excluding tert-OH is 1.